The molecule has 1 heterocycles. The average molecular weight is 250 g/mol. The third-order valence-corrected chi connectivity index (χ3v) is 3.40. The van der Waals surface area contributed by atoms with E-state index in [4.69, 9.17) is 17.3 Å². The second-order valence-electron chi connectivity index (χ2n) is 4.30. The van der Waals surface area contributed by atoms with Gasteiger partial charge >= 0.3 is 0 Å². The van der Waals surface area contributed by atoms with Crippen LogP contribution in [0.3, 0.4) is 0 Å². The summed E-state index contributed by atoms with van der Waals surface area (Å²) in [5.74, 6) is 0. The number of benzene rings is 1. The van der Waals surface area contributed by atoms with E-state index in [1.54, 1.807) is 6.07 Å². The van der Waals surface area contributed by atoms with E-state index in [1.807, 2.05) is 23.7 Å². The van der Waals surface area contributed by atoms with Gasteiger partial charge in [-0.15, -0.1) is 0 Å². The molecule has 4 heteroatoms. The number of hydrogen-bond donors (Lipinski definition) is 1. The average Bonchev–Trinajstić information content (AvgIpc) is 2.52. The van der Waals surface area contributed by atoms with E-state index in [2.05, 4.69) is 18.9 Å². The van der Waals surface area contributed by atoms with Gasteiger partial charge in [-0.05, 0) is 50.1 Å². The number of hydrogen-bond acceptors (Lipinski definition) is 2. The van der Waals surface area contributed by atoms with Crippen molar-refractivity contribution in [3.05, 3.63) is 45.7 Å². The predicted molar refractivity (Wildman–Crippen MR) is 71.4 cm³/mol. The van der Waals surface area contributed by atoms with Gasteiger partial charge in [-0.1, -0.05) is 11.6 Å². The molecule has 2 aromatic rings. The summed E-state index contributed by atoms with van der Waals surface area (Å²) >= 11 is 5.97. The van der Waals surface area contributed by atoms with Crippen LogP contribution < -0.4 is 5.73 Å². The van der Waals surface area contributed by atoms with E-state index in [1.165, 1.54) is 11.3 Å². The highest BCUT2D eigenvalue weighted by molar-refractivity contribution is 6.30. The first-order valence-electron chi connectivity index (χ1n) is 5.53. The van der Waals surface area contributed by atoms with Gasteiger partial charge < -0.3 is 5.73 Å². The molecule has 0 saturated carbocycles. The Hall–Kier alpha value is -1.48. The summed E-state index contributed by atoms with van der Waals surface area (Å²) in [5, 5.41) is 5.20. The fourth-order valence-corrected chi connectivity index (χ4v) is 2.01. The Kier molecular flexibility index (Phi) is 3.11. The third-order valence-electron chi connectivity index (χ3n) is 3.17. The Morgan fingerprint density at radius 1 is 1.29 bits per heavy atom. The standard InChI is InChI=1S/C13H16ClN3/c1-8-9(2)16-17(10(8)3)7-11-6-12(14)4-5-13(11)15/h4-6H,7,15H2,1-3H3. The lowest BCUT2D eigenvalue weighted by molar-refractivity contribution is 0.659. The van der Waals surface area contributed by atoms with Gasteiger partial charge in [0.15, 0.2) is 0 Å². The van der Waals surface area contributed by atoms with Crippen molar-refractivity contribution < 1.29 is 0 Å². The fraction of sp³-hybridized carbons (Fsp3) is 0.308. The zero-order valence-corrected chi connectivity index (χ0v) is 11.0. The molecule has 0 amide bonds. The molecule has 1 aromatic carbocycles. The summed E-state index contributed by atoms with van der Waals surface area (Å²) in [6, 6.07) is 5.52. The van der Waals surface area contributed by atoms with Crippen molar-refractivity contribution in [3.63, 3.8) is 0 Å². The highest BCUT2D eigenvalue weighted by atomic mass is 35.5. The van der Waals surface area contributed by atoms with Crippen LogP contribution in [0, 0.1) is 20.8 Å². The van der Waals surface area contributed by atoms with Gasteiger partial charge in [0.25, 0.3) is 0 Å². The van der Waals surface area contributed by atoms with Gasteiger partial charge in [-0.25, -0.2) is 0 Å². The minimum Gasteiger partial charge on any atom is -0.398 e. The van der Waals surface area contributed by atoms with Crippen LogP contribution in [0.5, 0.6) is 0 Å². The molecule has 0 atom stereocenters. The summed E-state index contributed by atoms with van der Waals surface area (Å²) in [6.45, 7) is 6.82. The monoisotopic (exact) mass is 249 g/mol. The second-order valence-corrected chi connectivity index (χ2v) is 4.73. The Bertz CT molecular complexity index is 558. The normalized spacial score (nSPS) is 10.8. The number of aryl methyl sites for hydroxylation is 1. The molecular weight excluding hydrogens is 234 g/mol. The predicted octanol–water partition coefficient (Wildman–Crippen LogP) is 3.09. The van der Waals surface area contributed by atoms with Crippen LogP contribution in [-0.2, 0) is 6.54 Å². The molecule has 0 fully saturated rings. The van der Waals surface area contributed by atoms with E-state index in [-0.39, 0.29) is 0 Å². The maximum atomic E-state index is 5.97. The topological polar surface area (TPSA) is 43.8 Å². The molecule has 2 rings (SSSR count). The molecule has 0 aliphatic carbocycles. The van der Waals surface area contributed by atoms with E-state index < -0.39 is 0 Å². The van der Waals surface area contributed by atoms with Crippen LogP contribution >= 0.6 is 11.6 Å². The number of nitrogens with two attached hydrogens (primary N) is 1. The second kappa shape index (κ2) is 4.41. The Morgan fingerprint density at radius 2 is 2.00 bits per heavy atom. The number of halogens is 1. The van der Waals surface area contributed by atoms with Gasteiger partial charge in [0.2, 0.25) is 0 Å². The van der Waals surface area contributed by atoms with Crippen molar-refractivity contribution in [2.45, 2.75) is 27.3 Å². The summed E-state index contributed by atoms with van der Waals surface area (Å²) < 4.78 is 1.96. The first-order valence-corrected chi connectivity index (χ1v) is 5.91. The molecule has 1 aromatic heterocycles. The molecule has 0 aliphatic heterocycles. The summed E-state index contributed by atoms with van der Waals surface area (Å²) in [6.07, 6.45) is 0. The van der Waals surface area contributed by atoms with Crippen molar-refractivity contribution >= 4 is 17.3 Å². The molecule has 2 N–H and O–H groups in total. The number of nitrogens with zero attached hydrogens (tertiary/aromatic N) is 2. The van der Waals surface area contributed by atoms with Crippen molar-refractivity contribution in [1.82, 2.24) is 9.78 Å². The molecule has 90 valence electrons. The molecule has 0 unspecified atom stereocenters. The van der Waals surface area contributed by atoms with Crippen LogP contribution in [0.4, 0.5) is 5.69 Å². The maximum absolute atomic E-state index is 5.97. The van der Waals surface area contributed by atoms with E-state index in [0.29, 0.717) is 11.6 Å². The van der Waals surface area contributed by atoms with E-state index in [9.17, 15) is 0 Å². The van der Waals surface area contributed by atoms with Crippen LogP contribution in [-0.4, -0.2) is 9.78 Å². The molecule has 0 spiro atoms. The lowest BCUT2D eigenvalue weighted by atomic mass is 10.2. The Labute approximate surface area is 106 Å². The highest BCUT2D eigenvalue weighted by Gasteiger charge is 2.09. The van der Waals surface area contributed by atoms with Crippen LogP contribution in [0.25, 0.3) is 0 Å². The van der Waals surface area contributed by atoms with Crippen molar-refractivity contribution in [2.75, 3.05) is 5.73 Å². The van der Waals surface area contributed by atoms with E-state index >= 15 is 0 Å². The molecule has 0 saturated heterocycles. The van der Waals surface area contributed by atoms with Gasteiger partial charge in [0.1, 0.15) is 0 Å². The summed E-state index contributed by atoms with van der Waals surface area (Å²) in [5.41, 5.74) is 11.1. The molecule has 0 radical (unpaired) electrons. The lowest BCUT2D eigenvalue weighted by Crippen LogP contribution is -2.06. The SMILES string of the molecule is Cc1nn(Cc2cc(Cl)ccc2N)c(C)c1C. The molecule has 0 aliphatic rings. The van der Waals surface area contributed by atoms with Gasteiger partial charge in [-0.3, -0.25) is 4.68 Å². The minimum absolute atomic E-state index is 0.660. The molecular formula is C13H16ClN3. The van der Waals surface area contributed by atoms with Crippen LogP contribution in [0.2, 0.25) is 5.02 Å². The number of rotatable bonds is 2. The third kappa shape index (κ3) is 2.29. The molecule has 3 nitrogen and oxygen atoms in total. The first-order chi connectivity index (χ1) is 7.99. The molecule has 0 bridgehead atoms. The molecule has 17 heavy (non-hydrogen) atoms. The Balaban J connectivity index is 2.37. The minimum atomic E-state index is 0.660. The van der Waals surface area contributed by atoms with Crippen LogP contribution in [0.1, 0.15) is 22.5 Å². The van der Waals surface area contributed by atoms with Crippen LogP contribution in [0.15, 0.2) is 18.2 Å². The van der Waals surface area contributed by atoms with Gasteiger partial charge in [-0.2, -0.15) is 5.10 Å². The van der Waals surface area contributed by atoms with Gasteiger partial charge in [0.05, 0.1) is 12.2 Å². The summed E-state index contributed by atoms with van der Waals surface area (Å²) in [7, 11) is 0. The highest BCUT2D eigenvalue weighted by Crippen LogP contribution is 2.20. The van der Waals surface area contributed by atoms with Crippen molar-refractivity contribution in [2.24, 2.45) is 0 Å². The number of aromatic nitrogens is 2. The largest absolute Gasteiger partial charge is 0.398 e. The first kappa shape index (κ1) is 12.0. The fourth-order valence-electron chi connectivity index (χ4n) is 1.81. The summed E-state index contributed by atoms with van der Waals surface area (Å²) in [4.78, 5) is 0. The zero-order valence-electron chi connectivity index (χ0n) is 10.3. The number of anilines is 1. The van der Waals surface area contributed by atoms with Crippen molar-refractivity contribution in [1.29, 1.82) is 0 Å². The van der Waals surface area contributed by atoms with Gasteiger partial charge in [0, 0.05) is 16.4 Å². The smallest absolute Gasteiger partial charge is 0.0683 e. The Morgan fingerprint density at radius 3 is 2.59 bits per heavy atom. The zero-order chi connectivity index (χ0) is 12.6. The van der Waals surface area contributed by atoms with Crippen molar-refractivity contribution in [3.8, 4) is 0 Å². The quantitative estimate of drug-likeness (QED) is 0.832. The van der Waals surface area contributed by atoms with E-state index in [0.717, 1.165) is 16.9 Å². The maximum Gasteiger partial charge on any atom is 0.0683 e. The number of nitrogen functional groups attached to an aromatic ring is 1. The lowest BCUT2D eigenvalue weighted by Gasteiger charge is -2.08.